The lowest BCUT2D eigenvalue weighted by Gasteiger charge is -2.30. The second-order valence-corrected chi connectivity index (χ2v) is 5.06. The van der Waals surface area contributed by atoms with Crippen molar-refractivity contribution in [3.63, 3.8) is 0 Å². The van der Waals surface area contributed by atoms with Crippen molar-refractivity contribution in [1.29, 1.82) is 0 Å². The molecule has 0 bridgehead atoms. The van der Waals surface area contributed by atoms with Crippen molar-refractivity contribution in [3.8, 4) is 0 Å². The third kappa shape index (κ3) is 2.49. The highest BCUT2D eigenvalue weighted by molar-refractivity contribution is 5.16. The third-order valence-electron chi connectivity index (χ3n) is 4.13. The summed E-state index contributed by atoms with van der Waals surface area (Å²) in [7, 11) is 2.10. The van der Waals surface area contributed by atoms with Gasteiger partial charge in [-0.3, -0.25) is 0 Å². The van der Waals surface area contributed by atoms with Crippen LogP contribution in [0.5, 0.6) is 0 Å². The minimum absolute atomic E-state index is 0.472. The summed E-state index contributed by atoms with van der Waals surface area (Å²) in [5, 5.41) is 3.53. The second-order valence-electron chi connectivity index (χ2n) is 5.06. The zero-order chi connectivity index (χ0) is 11.4. The molecule has 2 aliphatic rings. The molecule has 16 heavy (non-hydrogen) atoms. The first-order chi connectivity index (χ1) is 7.86. The van der Waals surface area contributed by atoms with Crippen LogP contribution in [0.15, 0.2) is 11.6 Å². The Labute approximate surface area is 99.4 Å². The van der Waals surface area contributed by atoms with Crippen LogP contribution in [0.25, 0.3) is 0 Å². The van der Waals surface area contributed by atoms with Crippen LogP contribution in [0.4, 0.5) is 0 Å². The molecule has 0 radical (unpaired) electrons. The number of rotatable bonds is 4. The van der Waals surface area contributed by atoms with Gasteiger partial charge in [0, 0.05) is 18.6 Å². The van der Waals surface area contributed by atoms with Crippen molar-refractivity contribution < 1.29 is 4.74 Å². The van der Waals surface area contributed by atoms with Crippen LogP contribution in [0.3, 0.4) is 0 Å². The van der Waals surface area contributed by atoms with Crippen LogP contribution >= 0.6 is 0 Å². The van der Waals surface area contributed by atoms with Gasteiger partial charge in [0.15, 0.2) is 0 Å². The van der Waals surface area contributed by atoms with Gasteiger partial charge in [-0.15, -0.1) is 0 Å². The highest BCUT2D eigenvalue weighted by atomic mass is 16.5. The Bertz CT molecular complexity index is 249. The Morgan fingerprint density at radius 1 is 1.50 bits per heavy atom. The molecule has 0 aromatic heterocycles. The van der Waals surface area contributed by atoms with E-state index in [0.717, 1.165) is 13.0 Å². The van der Waals surface area contributed by atoms with Gasteiger partial charge in [0.2, 0.25) is 0 Å². The zero-order valence-electron chi connectivity index (χ0n) is 10.7. The standard InChI is InChI=1S/C14H25NO/c1-3-13-12(9-10-16-13)14(15-2)11-7-5-4-6-8-11/h7,12-15H,3-6,8-10H2,1-2H3. The summed E-state index contributed by atoms with van der Waals surface area (Å²) in [6.07, 6.45) is 10.6. The molecule has 1 fully saturated rings. The van der Waals surface area contributed by atoms with Crippen LogP contribution in [-0.4, -0.2) is 25.8 Å². The van der Waals surface area contributed by atoms with Gasteiger partial charge in [-0.2, -0.15) is 0 Å². The maximum atomic E-state index is 5.82. The molecule has 3 atom stereocenters. The van der Waals surface area contributed by atoms with E-state index in [0.29, 0.717) is 18.1 Å². The van der Waals surface area contributed by atoms with E-state index in [-0.39, 0.29) is 0 Å². The fourth-order valence-corrected chi connectivity index (χ4v) is 3.29. The molecule has 1 saturated heterocycles. The van der Waals surface area contributed by atoms with Gasteiger partial charge in [-0.25, -0.2) is 0 Å². The minimum atomic E-state index is 0.472. The molecule has 92 valence electrons. The van der Waals surface area contributed by atoms with Crippen molar-refractivity contribution in [1.82, 2.24) is 5.32 Å². The summed E-state index contributed by atoms with van der Waals surface area (Å²) in [6.45, 7) is 3.19. The monoisotopic (exact) mass is 223 g/mol. The SMILES string of the molecule is CCC1OCCC1C(NC)C1=CCCCC1. The molecule has 0 aromatic rings. The number of hydrogen-bond acceptors (Lipinski definition) is 2. The lowest BCUT2D eigenvalue weighted by molar-refractivity contribution is 0.0811. The lowest BCUT2D eigenvalue weighted by Crippen LogP contribution is -2.39. The molecule has 2 heteroatoms. The van der Waals surface area contributed by atoms with Crippen molar-refractivity contribution in [3.05, 3.63) is 11.6 Å². The Kier molecular flexibility index (Phi) is 4.42. The number of hydrogen-bond donors (Lipinski definition) is 1. The maximum Gasteiger partial charge on any atom is 0.0619 e. The largest absolute Gasteiger partial charge is 0.378 e. The van der Waals surface area contributed by atoms with Gasteiger partial charge in [-0.05, 0) is 45.6 Å². The molecule has 0 aromatic carbocycles. The smallest absolute Gasteiger partial charge is 0.0619 e. The van der Waals surface area contributed by atoms with E-state index in [4.69, 9.17) is 4.74 Å². The first-order valence-corrected chi connectivity index (χ1v) is 6.84. The number of nitrogens with one attached hydrogen (secondary N) is 1. The molecule has 2 rings (SSSR count). The Morgan fingerprint density at radius 2 is 2.38 bits per heavy atom. The van der Waals surface area contributed by atoms with Gasteiger partial charge >= 0.3 is 0 Å². The van der Waals surface area contributed by atoms with E-state index in [2.05, 4.69) is 25.4 Å². The molecule has 1 aliphatic heterocycles. The maximum absolute atomic E-state index is 5.82. The molecule has 1 N–H and O–H groups in total. The predicted octanol–water partition coefficient (Wildman–Crippen LogP) is 2.89. The number of allylic oxidation sites excluding steroid dienone is 1. The molecule has 1 heterocycles. The number of ether oxygens (including phenoxy) is 1. The molecule has 1 aliphatic carbocycles. The summed E-state index contributed by atoms with van der Waals surface area (Å²) in [6, 6.07) is 0.563. The molecular weight excluding hydrogens is 198 g/mol. The zero-order valence-corrected chi connectivity index (χ0v) is 10.7. The average molecular weight is 223 g/mol. The second kappa shape index (κ2) is 5.83. The van der Waals surface area contributed by atoms with E-state index in [9.17, 15) is 0 Å². The van der Waals surface area contributed by atoms with E-state index < -0.39 is 0 Å². The normalized spacial score (nSPS) is 32.5. The van der Waals surface area contributed by atoms with E-state index in [1.165, 1.54) is 32.1 Å². The van der Waals surface area contributed by atoms with Gasteiger partial charge in [-0.1, -0.05) is 18.6 Å². The molecule has 0 spiro atoms. The first-order valence-electron chi connectivity index (χ1n) is 6.84. The average Bonchev–Trinajstić information content (AvgIpc) is 2.80. The fourth-order valence-electron chi connectivity index (χ4n) is 3.29. The van der Waals surface area contributed by atoms with E-state index in [1.807, 2.05) is 0 Å². The van der Waals surface area contributed by atoms with Gasteiger partial charge in [0.05, 0.1) is 6.10 Å². The fraction of sp³-hybridized carbons (Fsp3) is 0.857. The van der Waals surface area contributed by atoms with Crippen LogP contribution < -0.4 is 5.32 Å². The van der Waals surface area contributed by atoms with Gasteiger partial charge in [0.1, 0.15) is 0 Å². The lowest BCUT2D eigenvalue weighted by atomic mass is 9.82. The number of likely N-dealkylation sites (N-methyl/N-ethyl adjacent to an activating group) is 1. The van der Waals surface area contributed by atoms with Crippen LogP contribution in [0.1, 0.15) is 45.4 Å². The molecule has 2 nitrogen and oxygen atoms in total. The molecule has 0 saturated carbocycles. The van der Waals surface area contributed by atoms with Crippen LogP contribution in [-0.2, 0) is 4.74 Å². The van der Waals surface area contributed by atoms with Gasteiger partial charge in [0.25, 0.3) is 0 Å². The minimum Gasteiger partial charge on any atom is -0.378 e. The molecule has 0 amide bonds. The Hall–Kier alpha value is -0.340. The van der Waals surface area contributed by atoms with Crippen LogP contribution in [0, 0.1) is 5.92 Å². The van der Waals surface area contributed by atoms with Crippen LogP contribution in [0.2, 0.25) is 0 Å². The van der Waals surface area contributed by atoms with E-state index >= 15 is 0 Å². The predicted molar refractivity (Wildman–Crippen MR) is 67.5 cm³/mol. The van der Waals surface area contributed by atoms with Crippen molar-refractivity contribution in [2.45, 2.75) is 57.6 Å². The Morgan fingerprint density at radius 3 is 3.00 bits per heavy atom. The third-order valence-corrected chi connectivity index (χ3v) is 4.13. The van der Waals surface area contributed by atoms with Crippen molar-refractivity contribution in [2.24, 2.45) is 5.92 Å². The van der Waals surface area contributed by atoms with Crippen molar-refractivity contribution in [2.75, 3.05) is 13.7 Å². The van der Waals surface area contributed by atoms with Gasteiger partial charge < -0.3 is 10.1 Å². The summed E-state index contributed by atoms with van der Waals surface area (Å²) in [5.41, 5.74) is 1.64. The Balaban J connectivity index is 2.05. The quantitative estimate of drug-likeness (QED) is 0.740. The van der Waals surface area contributed by atoms with Crippen molar-refractivity contribution >= 4 is 0 Å². The first kappa shape index (κ1) is 12.1. The summed E-state index contributed by atoms with van der Waals surface area (Å²) < 4.78 is 5.82. The summed E-state index contributed by atoms with van der Waals surface area (Å²) in [4.78, 5) is 0. The highest BCUT2D eigenvalue weighted by Gasteiger charge is 2.34. The van der Waals surface area contributed by atoms with E-state index in [1.54, 1.807) is 5.57 Å². The summed E-state index contributed by atoms with van der Waals surface area (Å²) in [5.74, 6) is 0.694. The molecular formula is C14H25NO. The topological polar surface area (TPSA) is 21.3 Å². The highest BCUT2D eigenvalue weighted by Crippen LogP contribution is 2.32. The summed E-state index contributed by atoms with van der Waals surface area (Å²) >= 11 is 0. The molecule has 3 unspecified atom stereocenters.